The standard InChI is InChI=1S/C20H27N/c1-14-10-15(2)12-16(11-14)13-19(21)17-8-6-7-9-18(17)20(3,4)5/h6-12,19H,13,21H2,1-5H3. The first-order valence-corrected chi connectivity index (χ1v) is 7.69. The molecule has 0 spiro atoms. The van der Waals surface area contributed by atoms with E-state index in [0.717, 1.165) is 6.42 Å². The second-order valence-corrected chi connectivity index (χ2v) is 7.14. The first-order chi connectivity index (χ1) is 9.77. The van der Waals surface area contributed by atoms with E-state index in [-0.39, 0.29) is 11.5 Å². The number of hydrogen-bond acceptors (Lipinski definition) is 1. The molecule has 0 aliphatic rings. The van der Waals surface area contributed by atoms with Crippen LogP contribution in [0.15, 0.2) is 42.5 Å². The highest BCUT2D eigenvalue weighted by atomic mass is 14.6. The first kappa shape index (κ1) is 15.8. The highest BCUT2D eigenvalue weighted by Gasteiger charge is 2.20. The maximum Gasteiger partial charge on any atom is 0.0338 e. The monoisotopic (exact) mass is 281 g/mol. The van der Waals surface area contributed by atoms with Gasteiger partial charge in [-0.15, -0.1) is 0 Å². The molecule has 1 unspecified atom stereocenters. The summed E-state index contributed by atoms with van der Waals surface area (Å²) in [6.45, 7) is 11.0. The Bertz CT molecular complexity index is 600. The minimum absolute atomic E-state index is 0.0432. The van der Waals surface area contributed by atoms with Crippen molar-refractivity contribution in [2.45, 2.75) is 52.5 Å². The van der Waals surface area contributed by atoms with E-state index in [1.165, 1.54) is 27.8 Å². The summed E-state index contributed by atoms with van der Waals surface area (Å²) in [6, 6.07) is 15.3. The molecular formula is C20H27N. The zero-order valence-corrected chi connectivity index (χ0v) is 13.9. The van der Waals surface area contributed by atoms with Crippen LogP contribution in [0.4, 0.5) is 0 Å². The van der Waals surface area contributed by atoms with Crippen molar-refractivity contribution in [2.75, 3.05) is 0 Å². The van der Waals surface area contributed by atoms with Gasteiger partial charge in [-0.3, -0.25) is 0 Å². The van der Waals surface area contributed by atoms with Gasteiger partial charge in [-0.2, -0.15) is 0 Å². The summed E-state index contributed by atoms with van der Waals surface area (Å²) in [7, 11) is 0. The minimum Gasteiger partial charge on any atom is -0.324 e. The van der Waals surface area contributed by atoms with Crippen LogP contribution in [0.25, 0.3) is 0 Å². The van der Waals surface area contributed by atoms with Gasteiger partial charge in [0.1, 0.15) is 0 Å². The summed E-state index contributed by atoms with van der Waals surface area (Å²) in [5.41, 5.74) is 13.2. The lowest BCUT2D eigenvalue weighted by molar-refractivity contribution is 0.568. The van der Waals surface area contributed by atoms with E-state index in [1.807, 2.05) is 0 Å². The number of rotatable bonds is 3. The summed E-state index contributed by atoms with van der Waals surface area (Å²) in [5, 5.41) is 0. The van der Waals surface area contributed by atoms with Gasteiger partial charge in [0, 0.05) is 6.04 Å². The van der Waals surface area contributed by atoms with Crippen molar-refractivity contribution < 1.29 is 0 Å². The van der Waals surface area contributed by atoms with E-state index < -0.39 is 0 Å². The minimum atomic E-state index is 0.0432. The Balaban J connectivity index is 2.31. The third-order valence-corrected chi connectivity index (χ3v) is 3.91. The van der Waals surface area contributed by atoms with Crippen LogP contribution in [0.5, 0.6) is 0 Å². The molecule has 2 N–H and O–H groups in total. The number of aryl methyl sites for hydroxylation is 2. The van der Waals surface area contributed by atoms with Crippen LogP contribution in [-0.2, 0) is 11.8 Å². The van der Waals surface area contributed by atoms with Gasteiger partial charge in [-0.1, -0.05) is 74.4 Å². The van der Waals surface area contributed by atoms with Crippen molar-refractivity contribution in [3.05, 3.63) is 70.3 Å². The van der Waals surface area contributed by atoms with Crippen LogP contribution < -0.4 is 5.73 Å². The predicted molar refractivity (Wildman–Crippen MR) is 91.7 cm³/mol. The lowest BCUT2D eigenvalue weighted by Gasteiger charge is -2.26. The molecule has 0 saturated heterocycles. The van der Waals surface area contributed by atoms with Crippen molar-refractivity contribution in [1.82, 2.24) is 0 Å². The molecule has 0 aliphatic heterocycles. The third-order valence-electron chi connectivity index (χ3n) is 3.91. The summed E-state index contributed by atoms with van der Waals surface area (Å²) in [4.78, 5) is 0. The Kier molecular flexibility index (Phi) is 4.53. The zero-order valence-electron chi connectivity index (χ0n) is 13.9. The molecule has 0 saturated carbocycles. The lowest BCUT2D eigenvalue weighted by atomic mass is 9.81. The fourth-order valence-electron chi connectivity index (χ4n) is 3.05. The van der Waals surface area contributed by atoms with E-state index in [1.54, 1.807) is 0 Å². The number of nitrogens with two attached hydrogens (primary N) is 1. The van der Waals surface area contributed by atoms with Crippen molar-refractivity contribution in [2.24, 2.45) is 5.73 Å². The highest BCUT2D eigenvalue weighted by Crippen LogP contribution is 2.30. The average Bonchev–Trinajstić information content (AvgIpc) is 2.36. The molecule has 0 aromatic heterocycles. The van der Waals surface area contributed by atoms with E-state index in [9.17, 15) is 0 Å². The quantitative estimate of drug-likeness (QED) is 0.855. The summed E-state index contributed by atoms with van der Waals surface area (Å²) >= 11 is 0. The van der Waals surface area contributed by atoms with E-state index in [2.05, 4.69) is 77.1 Å². The lowest BCUT2D eigenvalue weighted by Crippen LogP contribution is -2.21. The SMILES string of the molecule is Cc1cc(C)cc(CC(N)c2ccccc2C(C)(C)C)c1. The Morgan fingerprint density at radius 3 is 2.10 bits per heavy atom. The molecule has 0 radical (unpaired) electrons. The zero-order chi connectivity index (χ0) is 15.6. The maximum absolute atomic E-state index is 6.52. The topological polar surface area (TPSA) is 26.0 Å². The molecule has 1 atom stereocenters. The molecule has 1 nitrogen and oxygen atoms in total. The van der Waals surface area contributed by atoms with E-state index in [0.29, 0.717) is 0 Å². The fraction of sp³-hybridized carbons (Fsp3) is 0.400. The average molecular weight is 281 g/mol. The molecule has 0 amide bonds. The molecule has 0 bridgehead atoms. The molecule has 2 aromatic rings. The molecule has 112 valence electrons. The highest BCUT2D eigenvalue weighted by molar-refractivity contribution is 5.37. The van der Waals surface area contributed by atoms with Crippen LogP contribution in [0.2, 0.25) is 0 Å². The fourth-order valence-corrected chi connectivity index (χ4v) is 3.05. The Labute approximate surface area is 129 Å². The van der Waals surface area contributed by atoms with Crippen LogP contribution in [-0.4, -0.2) is 0 Å². The van der Waals surface area contributed by atoms with Gasteiger partial charge in [0.15, 0.2) is 0 Å². The van der Waals surface area contributed by atoms with Gasteiger partial charge in [0.2, 0.25) is 0 Å². The van der Waals surface area contributed by atoms with Gasteiger partial charge >= 0.3 is 0 Å². The number of hydrogen-bond donors (Lipinski definition) is 1. The largest absolute Gasteiger partial charge is 0.324 e. The maximum atomic E-state index is 6.52. The van der Waals surface area contributed by atoms with Crippen LogP contribution in [0.3, 0.4) is 0 Å². The molecule has 1 heteroatoms. The molecule has 0 fully saturated rings. The number of benzene rings is 2. The molecule has 2 aromatic carbocycles. The molecule has 0 aliphatic carbocycles. The smallest absolute Gasteiger partial charge is 0.0338 e. The molecule has 21 heavy (non-hydrogen) atoms. The molecule has 2 rings (SSSR count). The normalized spacial score (nSPS) is 13.2. The summed E-state index contributed by atoms with van der Waals surface area (Å²) in [5.74, 6) is 0. The molecule has 0 heterocycles. The van der Waals surface area contributed by atoms with Gasteiger partial charge < -0.3 is 5.73 Å². The van der Waals surface area contributed by atoms with Gasteiger partial charge in [0.25, 0.3) is 0 Å². The molecular weight excluding hydrogens is 254 g/mol. The van der Waals surface area contributed by atoms with Gasteiger partial charge in [0.05, 0.1) is 0 Å². The second-order valence-electron chi connectivity index (χ2n) is 7.14. The van der Waals surface area contributed by atoms with Crippen LogP contribution in [0, 0.1) is 13.8 Å². The first-order valence-electron chi connectivity index (χ1n) is 7.69. The van der Waals surface area contributed by atoms with Crippen molar-refractivity contribution >= 4 is 0 Å². The van der Waals surface area contributed by atoms with Crippen molar-refractivity contribution in [1.29, 1.82) is 0 Å². The van der Waals surface area contributed by atoms with Crippen molar-refractivity contribution in [3.8, 4) is 0 Å². The van der Waals surface area contributed by atoms with E-state index >= 15 is 0 Å². The summed E-state index contributed by atoms with van der Waals surface area (Å²) < 4.78 is 0. The van der Waals surface area contributed by atoms with Crippen molar-refractivity contribution in [3.63, 3.8) is 0 Å². The van der Waals surface area contributed by atoms with Gasteiger partial charge in [-0.25, -0.2) is 0 Å². The Morgan fingerprint density at radius 2 is 1.52 bits per heavy atom. The Morgan fingerprint density at radius 1 is 0.952 bits per heavy atom. The van der Waals surface area contributed by atoms with Crippen LogP contribution >= 0.6 is 0 Å². The summed E-state index contributed by atoms with van der Waals surface area (Å²) in [6.07, 6.45) is 0.885. The predicted octanol–water partition coefficient (Wildman–Crippen LogP) is 4.84. The van der Waals surface area contributed by atoms with Gasteiger partial charge in [-0.05, 0) is 42.4 Å². The third kappa shape index (κ3) is 3.95. The second kappa shape index (κ2) is 6.03. The van der Waals surface area contributed by atoms with E-state index in [4.69, 9.17) is 5.73 Å². The van der Waals surface area contributed by atoms with Crippen LogP contribution in [0.1, 0.15) is 54.6 Å². The Hall–Kier alpha value is -1.60.